The van der Waals surface area contributed by atoms with E-state index in [2.05, 4.69) is 10.6 Å². The summed E-state index contributed by atoms with van der Waals surface area (Å²) in [4.78, 5) is 35.7. The number of benzene rings is 2. The molecule has 2 aromatic carbocycles. The lowest BCUT2D eigenvalue weighted by Crippen LogP contribution is -3.14. The number of nitro groups is 1. The minimum atomic E-state index is -0.564. The molecule has 0 aromatic heterocycles. The molecule has 10 heteroatoms. The minimum Gasteiger partial charge on any atom is -0.494 e. The maximum atomic E-state index is 12.6. The number of anilines is 2. The number of quaternary nitrogens is 1. The first-order chi connectivity index (χ1) is 13.7. The van der Waals surface area contributed by atoms with E-state index in [9.17, 15) is 19.7 Å². The Morgan fingerprint density at radius 2 is 1.86 bits per heavy atom. The summed E-state index contributed by atoms with van der Waals surface area (Å²) in [6, 6.07) is 10.1. The van der Waals surface area contributed by atoms with Gasteiger partial charge in [0, 0.05) is 16.8 Å². The smallest absolute Gasteiger partial charge is 0.282 e. The molecular formula is C19H22ClN4O5+. The number of non-ortho nitro benzene ring substituents is 1. The number of nitrogens with zero attached hydrogens (tertiary/aromatic N) is 1. The summed E-state index contributed by atoms with van der Waals surface area (Å²) in [7, 11) is 3.08. The number of nitro benzene ring substituents is 1. The number of likely N-dealkylation sites (N-methyl/N-ethyl adjacent to an activating group) is 1. The summed E-state index contributed by atoms with van der Waals surface area (Å²) in [6.45, 7) is 1.74. The number of ether oxygens (including phenoxy) is 1. The molecule has 154 valence electrons. The second-order valence-corrected chi connectivity index (χ2v) is 6.87. The van der Waals surface area contributed by atoms with Crippen molar-refractivity contribution in [1.29, 1.82) is 0 Å². The number of rotatable bonds is 8. The Hall–Kier alpha value is -3.17. The number of hydrogen-bond donors (Lipinski definition) is 3. The van der Waals surface area contributed by atoms with Crippen LogP contribution in [-0.2, 0) is 9.59 Å². The van der Waals surface area contributed by atoms with Crippen LogP contribution in [0, 0.1) is 10.1 Å². The van der Waals surface area contributed by atoms with Gasteiger partial charge in [-0.25, -0.2) is 0 Å². The van der Waals surface area contributed by atoms with E-state index in [1.54, 1.807) is 38.2 Å². The van der Waals surface area contributed by atoms with Gasteiger partial charge in [-0.2, -0.15) is 0 Å². The van der Waals surface area contributed by atoms with Crippen molar-refractivity contribution in [2.45, 2.75) is 13.0 Å². The standard InChI is InChI=1S/C19H21ClN4O5/c1-12(23(2)11-18(25)21-14-6-4-13(20)5-7-14)19(26)22-16-9-8-15(24(27)28)10-17(16)29-3/h4-10,12H,11H2,1-3H3,(H,21,25)(H,22,26)/p+1/t12-/m1/s1. The Kier molecular flexibility index (Phi) is 7.52. The fourth-order valence-corrected chi connectivity index (χ4v) is 2.63. The summed E-state index contributed by atoms with van der Waals surface area (Å²) in [5, 5.41) is 16.9. The Morgan fingerprint density at radius 3 is 2.45 bits per heavy atom. The van der Waals surface area contributed by atoms with Crippen LogP contribution in [0.4, 0.5) is 17.1 Å². The second-order valence-electron chi connectivity index (χ2n) is 6.43. The van der Waals surface area contributed by atoms with Gasteiger partial charge < -0.3 is 20.3 Å². The highest BCUT2D eigenvalue weighted by Crippen LogP contribution is 2.28. The third kappa shape index (κ3) is 6.16. The van der Waals surface area contributed by atoms with Gasteiger partial charge in [0.15, 0.2) is 12.6 Å². The van der Waals surface area contributed by atoms with E-state index < -0.39 is 11.0 Å². The Bertz CT molecular complexity index is 904. The van der Waals surface area contributed by atoms with Crippen molar-refractivity contribution >= 4 is 40.5 Å². The van der Waals surface area contributed by atoms with Crippen LogP contribution < -0.4 is 20.3 Å². The average Bonchev–Trinajstić information content (AvgIpc) is 2.69. The lowest BCUT2D eigenvalue weighted by molar-refractivity contribution is -0.885. The lowest BCUT2D eigenvalue weighted by Gasteiger charge is -2.21. The van der Waals surface area contributed by atoms with Crippen molar-refractivity contribution in [1.82, 2.24) is 0 Å². The van der Waals surface area contributed by atoms with Gasteiger partial charge in [-0.15, -0.1) is 0 Å². The zero-order valence-corrected chi connectivity index (χ0v) is 16.9. The largest absolute Gasteiger partial charge is 0.494 e. The molecule has 0 heterocycles. The van der Waals surface area contributed by atoms with E-state index in [0.717, 1.165) is 0 Å². The predicted molar refractivity (Wildman–Crippen MR) is 110 cm³/mol. The molecule has 0 spiro atoms. The predicted octanol–water partition coefficient (Wildman–Crippen LogP) is 1.74. The summed E-state index contributed by atoms with van der Waals surface area (Å²) in [5.41, 5.74) is 0.780. The highest BCUT2D eigenvalue weighted by atomic mass is 35.5. The number of nitrogens with one attached hydrogen (secondary N) is 3. The first kappa shape index (κ1) is 22.1. The third-order valence-electron chi connectivity index (χ3n) is 4.35. The van der Waals surface area contributed by atoms with Gasteiger partial charge >= 0.3 is 0 Å². The molecule has 0 bridgehead atoms. The maximum Gasteiger partial charge on any atom is 0.282 e. The van der Waals surface area contributed by atoms with E-state index in [0.29, 0.717) is 21.3 Å². The van der Waals surface area contributed by atoms with E-state index in [-0.39, 0.29) is 29.8 Å². The number of carbonyl (C=O) groups excluding carboxylic acids is 2. The first-order valence-electron chi connectivity index (χ1n) is 8.72. The molecule has 0 aliphatic heterocycles. The zero-order chi connectivity index (χ0) is 21.6. The van der Waals surface area contributed by atoms with Gasteiger partial charge in [0.1, 0.15) is 5.75 Å². The van der Waals surface area contributed by atoms with Crippen LogP contribution in [0.25, 0.3) is 0 Å². The number of hydrogen-bond acceptors (Lipinski definition) is 5. The molecule has 9 nitrogen and oxygen atoms in total. The molecule has 1 unspecified atom stereocenters. The quantitative estimate of drug-likeness (QED) is 0.443. The molecule has 0 fully saturated rings. The van der Waals surface area contributed by atoms with Crippen molar-refractivity contribution in [3.05, 3.63) is 57.6 Å². The van der Waals surface area contributed by atoms with Crippen LogP contribution in [0.3, 0.4) is 0 Å². The molecule has 2 atom stereocenters. The van der Waals surface area contributed by atoms with Gasteiger partial charge in [-0.1, -0.05) is 11.6 Å². The van der Waals surface area contributed by atoms with Crippen molar-refractivity contribution in [2.75, 3.05) is 31.3 Å². The monoisotopic (exact) mass is 421 g/mol. The average molecular weight is 422 g/mol. The lowest BCUT2D eigenvalue weighted by atomic mass is 10.2. The van der Waals surface area contributed by atoms with Gasteiger partial charge in [-0.3, -0.25) is 19.7 Å². The van der Waals surface area contributed by atoms with E-state index in [4.69, 9.17) is 16.3 Å². The highest BCUT2D eigenvalue weighted by molar-refractivity contribution is 6.30. The van der Waals surface area contributed by atoms with Gasteiger partial charge in [0.25, 0.3) is 17.5 Å². The van der Waals surface area contributed by atoms with Crippen LogP contribution in [-0.4, -0.2) is 43.5 Å². The number of amides is 2. The molecule has 0 aliphatic carbocycles. The number of carbonyl (C=O) groups is 2. The molecular weight excluding hydrogens is 400 g/mol. The molecule has 2 aromatic rings. The van der Waals surface area contributed by atoms with Crippen LogP contribution in [0.15, 0.2) is 42.5 Å². The number of halogens is 1. The van der Waals surface area contributed by atoms with Gasteiger partial charge in [0.2, 0.25) is 0 Å². The maximum absolute atomic E-state index is 12.6. The SMILES string of the molecule is COc1cc([N+](=O)[O-])ccc1NC(=O)[C@@H](C)[NH+](C)CC(=O)Nc1ccc(Cl)cc1. The fraction of sp³-hybridized carbons (Fsp3) is 0.263. The third-order valence-corrected chi connectivity index (χ3v) is 4.61. The summed E-state index contributed by atoms with van der Waals surface area (Å²) in [5.74, 6) is -0.427. The Labute approximate surface area is 172 Å². The van der Waals surface area contributed by atoms with Crippen LogP contribution in [0.5, 0.6) is 5.75 Å². The van der Waals surface area contributed by atoms with Crippen LogP contribution in [0.2, 0.25) is 5.02 Å². The molecule has 3 N–H and O–H groups in total. The van der Waals surface area contributed by atoms with Gasteiger partial charge in [0.05, 0.1) is 30.8 Å². The fourth-order valence-electron chi connectivity index (χ4n) is 2.51. The summed E-state index contributed by atoms with van der Waals surface area (Å²) >= 11 is 5.82. The van der Waals surface area contributed by atoms with Crippen LogP contribution in [0.1, 0.15) is 6.92 Å². The molecule has 0 aliphatic rings. The molecule has 0 radical (unpaired) electrons. The number of methoxy groups -OCH3 is 1. The summed E-state index contributed by atoms with van der Waals surface area (Å²) in [6.07, 6.45) is 0. The minimum absolute atomic E-state index is 0.0641. The van der Waals surface area contributed by atoms with Crippen molar-refractivity contribution in [3.8, 4) is 5.75 Å². The zero-order valence-electron chi connectivity index (χ0n) is 16.2. The van der Waals surface area contributed by atoms with E-state index in [1.807, 2.05) is 0 Å². The normalized spacial score (nSPS) is 12.6. The summed E-state index contributed by atoms with van der Waals surface area (Å²) < 4.78 is 5.12. The Balaban J connectivity index is 1.97. The van der Waals surface area contributed by atoms with Gasteiger partial charge in [-0.05, 0) is 37.3 Å². The molecule has 0 saturated heterocycles. The highest BCUT2D eigenvalue weighted by Gasteiger charge is 2.25. The van der Waals surface area contributed by atoms with E-state index in [1.165, 1.54) is 25.3 Å². The topological polar surface area (TPSA) is 115 Å². The molecule has 0 saturated carbocycles. The first-order valence-corrected chi connectivity index (χ1v) is 9.10. The van der Waals surface area contributed by atoms with Crippen molar-refractivity contribution in [2.24, 2.45) is 0 Å². The van der Waals surface area contributed by atoms with Crippen molar-refractivity contribution in [3.63, 3.8) is 0 Å². The van der Waals surface area contributed by atoms with Crippen molar-refractivity contribution < 1.29 is 24.1 Å². The molecule has 2 rings (SSSR count). The second kappa shape index (κ2) is 9.85. The van der Waals surface area contributed by atoms with E-state index >= 15 is 0 Å². The van der Waals surface area contributed by atoms with Crippen LogP contribution >= 0.6 is 11.6 Å². The molecule has 29 heavy (non-hydrogen) atoms. The molecule has 2 amide bonds. The Morgan fingerprint density at radius 1 is 1.21 bits per heavy atom.